The molecule has 1 heterocycles. The molecule has 0 spiro atoms. The molecule has 1 amide bonds. The van der Waals surface area contributed by atoms with Crippen LogP contribution in [0.5, 0.6) is 0 Å². The van der Waals surface area contributed by atoms with E-state index in [0.717, 1.165) is 30.7 Å². The van der Waals surface area contributed by atoms with Crippen LogP contribution in [0.25, 0.3) is 0 Å². The molecule has 2 rings (SSSR count). The molecule has 0 radical (unpaired) electrons. The van der Waals surface area contributed by atoms with Gasteiger partial charge in [-0.25, -0.2) is 0 Å². The highest BCUT2D eigenvalue weighted by Gasteiger charge is 2.19. The van der Waals surface area contributed by atoms with Crippen molar-refractivity contribution in [2.24, 2.45) is 0 Å². The zero-order valence-electron chi connectivity index (χ0n) is 11.2. The van der Waals surface area contributed by atoms with Crippen LogP contribution in [-0.2, 0) is 6.42 Å². The van der Waals surface area contributed by atoms with E-state index in [1.807, 2.05) is 19.9 Å². The van der Waals surface area contributed by atoms with Crippen molar-refractivity contribution in [1.82, 2.24) is 15.5 Å². The van der Waals surface area contributed by atoms with Gasteiger partial charge in [0, 0.05) is 6.04 Å². The molecule has 1 saturated carbocycles. The summed E-state index contributed by atoms with van der Waals surface area (Å²) in [7, 11) is 0. The van der Waals surface area contributed by atoms with Gasteiger partial charge in [0.1, 0.15) is 0 Å². The minimum absolute atomic E-state index is 0.0109. The summed E-state index contributed by atoms with van der Waals surface area (Å²) in [5.41, 5.74) is 2.27. The summed E-state index contributed by atoms with van der Waals surface area (Å²) in [6.45, 7) is 3.86. The first-order valence-electron chi connectivity index (χ1n) is 6.84. The molecule has 18 heavy (non-hydrogen) atoms. The van der Waals surface area contributed by atoms with Crippen LogP contribution in [-0.4, -0.2) is 22.1 Å². The van der Waals surface area contributed by atoms with Crippen LogP contribution in [0.2, 0.25) is 0 Å². The molecule has 4 nitrogen and oxygen atoms in total. The topological polar surface area (TPSA) is 54.9 Å². The summed E-state index contributed by atoms with van der Waals surface area (Å²) in [4.78, 5) is 12.3. The normalized spacial score (nSPS) is 16.6. The van der Waals surface area contributed by atoms with Gasteiger partial charge in [0.15, 0.2) is 0 Å². The quantitative estimate of drug-likeness (QED) is 0.892. The highest BCUT2D eigenvalue weighted by atomic mass is 16.1. The number of aryl methyl sites for hydroxylation is 2. The lowest BCUT2D eigenvalue weighted by atomic mass is 9.95. The second-order valence-electron chi connectivity index (χ2n) is 5.01. The third-order valence-electron chi connectivity index (χ3n) is 3.51. The fraction of sp³-hybridized carbons (Fsp3) is 0.643. The number of carbonyl (C=O) groups is 1. The number of rotatable bonds is 3. The summed E-state index contributed by atoms with van der Waals surface area (Å²) >= 11 is 0. The summed E-state index contributed by atoms with van der Waals surface area (Å²) in [5.74, 6) is 0.0109. The lowest BCUT2D eigenvalue weighted by Crippen LogP contribution is -2.36. The maximum Gasteiger partial charge on any atom is 0.253 e. The minimum Gasteiger partial charge on any atom is -0.349 e. The number of hydrogen-bond acceptors (Lipinski definition) is 3. The van der Waals surface area contributed by atoms with Crippen molar-refractivity contribution in [3.8, 4) is 0 Å². The van der Waals surface area contributed by atoms with Gasteiger partial charge in [-0.05, 0) is 32.3 Å². The monoisotopic (exact) mass is 247 g/mol. The Morgan fingerprint density at radius 3 is 2.72 bits per heavy atom. The predicted octanol–water partition coefficient (Wildman–Crippen LogP) is 2.41. The zero-order chi connectivity index (χ0) is 13.0. The van der Waals surface area contributed by atoms with Crippen molar-refractivity contribution in [3.05, 3.63) is 23.0 Å². The van der Waals surface area contributed by atoms with Crippen LogP contribution in [0.4, 0.5) is 0 Å². The number of amides is 1. The largest absolute Gasteiger partial charge is 0.349 e. The van der Waals surface area contributed by atoms with Gasteiger partial charge < -0.3 is 5.32 Å². The van der Waals surface area contributed by atoms with Gasteiger partial charge in [0.2, 0.25) is 0 Å². The fourth-order valence-electron chi connectivity index (χ4n) is 2.48. The van der Waals surface area contributed by atoms with E-state index < -0.39 is 0 Å². The predicted molar refractivity (Wildman–Crippen MR) is 70.5 cm³/mol. The van der Waals surface area contributed by atoms with E-state index in [2.05, 4.69) is 15.5 Å². The van der Waals surface area contributed by atoms with Crippen LogP contribution in [0.3, 0.4) is 0 Å². The third kappa shape index (κ3) is 3.06. The molecule has 4 heteroatoms. The van der Waals surface area contributed by atoms with Crippen LogP contribution in [0.1, 0.15) is 60.8 Å². The van der Waals surface area contributed by atoms with Crippen LogP contribution >= 0.6 is 0 Å². The average molecular weight is 247 g/mol. The lowest BCUT2D eigenvalue weighted by molar-refractivity contribution is 0.0926. The molecule has 1 aliphatic carbocycles. The van der Waals surface area contributed by atoms with Crippen molar-refractivity contribution >= 4 is 5.91 Å². The fourth-order valence-corrected chi connectivity index (χ4v) is 2.48. The summed E-state index contributed by atoms with van der Waals surface area (Å²) < 4.78 is 0. The van der Waals surface area contributed by atoms with E-state index in [4.69, 9.17) is 0 Å². The third-order valence-corrected chi connectivity index (χ3v) is 3.51. The number of aromatic nitrogens is 2. The Labute approximate surface area is 108 Å². The number of carbonyl (C=O) groups excluding carboxylic acids is 1. The van der Waals surface area contributed by atoms with E-state index in [0.29, 0.717) is 11.6 Å². The molecule has 98 valence electrons. The molecule has 1 N–H and O–H groups in total. The zero-order valence-corrected chi connectivity index (χ0v) is 11.2. The molecule has 0 unspecified atom stereocenters. The molecule has 0 aromatic carbocycles. The van der Waals surface area contributed by atoms with Crippen LogP contribution in [0.15, 0.2) is 6.07 Å². The number of nitrogens with one attached hydrogen (secondary N) is 1. The van der Waals surface area contributed by atoms with Crippen molar-refractivity contribution in [3.63, 3.8) is 0 Å². The molecule has 0 atom stereocenters. The first-order valence-corrected chi connectivity index (χ1v) is 6.84. The Kier molecular flexibility index (Phi) is 4.28. The van der Waals surface area contributed by atoms with Gasteiger partial charge in [0.25, 0.3) is 5.91 Å². The average Bonchev–Trinajstić information content (AvgIpc) is 2.40. The van der Waals surface area contributed by atoms with Crippen LogP contribution < -0.4 is 5.32 Å². The Balaban J connectivity index is 2.09. The molecule has 0 bridgehead atoms. The minimum atomic E-state index is 0.0109. The maximum atomic E-state index is 12.3. The van der Waals surface area contributed by atoms with E-state index in [-0.39, 0.29) is 5.91 Å². The number of nitrogens with zero attached hydrogens (tertiary/aromatic N) is 2. The summed E-state index contributed by atoms with van der Waals surface area (Å²) in [5, 5.41) is 11.2. The Hall–Kier alpha value is -1.45. The SMILES string of the molecule is CCc1nnc(C)cc1C(=O)NC1CCCCC1. The molecule has 0 aliphatic heterocycles. The Morgan fingerprint density at radius 1 is 1.33 bits per heavy atom. The summed E-state index contributed by atoms with van der Waals surface area (Å²) in [6, 6.07) is 2.17. The lowest BCUT2D eigenvalue weighted by Gasteiger charge is -2.23. The van der Waals surface area contributed by atoms with Gasteiger partial charge in [-0.1, -0.05) is 26.2 Å². The van der Waals surface area contributed by atoms with E-state index in [1.54, 1.807) is 0 Å². The van der Waals surface area contributed by atoms with Crippen molar-refractivity contribution in [1.29, 1.82) is 0 Å². The number of hydrogen-bond donors (Lipinski definition) is 1. The standard InChI is InChI=1S/C14H21N3O/c1-3-13-12(9-10(2)16-17-13)14(18)15-11-7-5-4-6-8-11/h9,11H,3-8H2,1-2H3,(H,15,18). The Bertz CT molecular complexity index is 425. The molecule has 1 aromatic heterocycles. The molecule has 1 fully saturated rings. The van der Waals surface area contributed by atoms with E-state index >= 15 is 0 Å². The van der Waals surface area contributed by atoms with Gasteiger partial charge in [-0.15, -0.1) is 0 Å². The Morgan fingerprint density at radius 2 is 2.06 bits per heavy atom. The molecule has 1 aliphatic rings. The maximum absolute atomic E-state index is 12.3. The second kappa shape index (κ2) is 5.94. The smallest absolute Gasteiger partial charge is 0.253 e. The van der Waals surface area contributed by atoms with E-state index in [1.165, 1.54) is 19.3 Å². The van der Waals surface area contributed by atoms with Crippen LogP contribution in [0, 0.1) is 6.92 Å². The van der Waals surface area contributed by atoms with Crippen molar-refractivity contribution < 1.29 is 4.79 Å². The second-order valence-corrected chi connectivity index (χ2v) is 5.01. The van der Waals surface area contributed by atoms with Gasteiger partial charge in [0.05, 0.1) is 17.0 Å². The molecule has 1 aromatic rings. The van der Waals surface area contributed by atoms with Crippen molar-refractivity contribution in [2.45, 2.75) is 58.4 Å². The summed E-state index contributed by atoms with van der Waals surface area (Å²) in [6.07, 6.45) is 6.68. The van der Waals surface area contributed by atoms with E-state index in [9.17, 15) is 4.79 Å². The van der Waals surface area contributed by atoms with Gasteiger partial charge in [-0.3, -0.25) is 4.79 Å². The van der Waals surface area contributed by atoms with Gasteiger partial charge in [-0.2, -0.15) is 10.2 Å². The highest BCUT2D eigenvalue weighted by molar-refractivity contribution is 5.95. The van der Waals surface area contributed by atoms with Gasteiger partial charge >= 0.3 is 0 Å². The first-order chi connectivity index (χ1) is 8.70. The highest BCUT2D eigenvalue weighted by Crippen LogP contribution is 2.18. The van der Waals surface area contributed by atoms with Crippen molar-refractivity contribution in [2.75, 3.05) is 0 Å². The first kappa shape index (κ1) is 13.0. The molecular formula is C14H21N3O. The molecule has 0 saturated heterocycles. The molecular weight excluding hydrogens is 226 g/mol.